The summed E-state index contributed by atoms with van der Waals surface area (Å²) >= 11 is 6.74. The largest absolute Gasteiger partial charge is 0.285 e. The van der Waals surface area contributed by atoms with Crippen LogP contribution in [0.5, 0.6) is 0 Å². The monoisotopic (exact) mass is 371 g/mol. The van der Waals surface area contributed by atoms with Gasteiger partial charge in [-0.1, -0.05) is 38.8 Å². The third-order valence-electron chi connectivity index (χ3n) is 2.38. The van der Waals surface area contributed by atoms with E-state index in [4.69, 9.17) is 0 Å². The zero-order valence-electron chi connectivity index (χ0n) is 9.73. The fraction of sp³-hybridized carbons (Fsp3) is 0.250. The lowest BCUT2D eigenvalue weighted by molar-refractivity contribution is 0.102. The van der Waals surface area contributed by atoms with Crippen LogP contribution in [0.3, 0.4) is 0 Å². The van der Waals surface area contributed by atoms with Crippen LogP contribution in [0.25, 0.3) is 0 Å². The van der Waals surface area contributed by atoms with Crippen molar-refractivity contribution in [1.82, 2.24) is 14.8 Å². The fourth-order valence-electron chi connectivity index (χ4n) is 1.63. The molecule has 1 aromatic carbocycles. The zero-order chi connectivity index (χ0) is 13.1. The molecule has 0 spiro atoms. The molecule has 0 aliphatic carbocycles. The minimum Gasteiger partial charge on any atom is -0.285 e. The molecule has 0 atom stereocenters. The molecule has 0 saturated heterocycles. The smallest absolute Gasteiger partial charge is 0.230 e. The van der Waals surface area contributed by atoms with Crippen molar-refractivity contribution in [1.29, 1.82) is 0 Å². The van der Waals surface area contributed by atoms with Gasteiger partial charge in [0.2, 0.25) is 5.78 Å². The Morgan fingerprint density at radius 3 is 2.56 bits per heavy atom. The third kappa shape index (κ3) is 2.87. The van der Waals surface area contributed by atoms with Crippen LogP contribution < -0.4 is 0 Å². The number of carbonyl (C=O) groups excluding carboxylic acids is 1. The van der Waals surface area contributed by atoms with Crippen LogP contribution >= 0.6 is 31.9 Å². The number of hydrogen-bond donors (Lipinski definition) is 0. The number of ketones is 1. The van der Waals surface area contributed by atoms with Crippen LogP contribution in [0.2, 0.25) is 0 Å². The Hall–Kier alpha value is -1.01. The molecule has 0 aliphatic rings. The van der Waals surface area contributed by atoms with E-state index in [1.165, 1.54) is 6.33 Å². The van der Waals surface area contributed by atoms with E-state index in [-0.39, 0.29) is 5.78 Å². The number of nitrogens with zero attached hydrogens (tertiary/aromatic N) is 3. The highest BCUT2D eigenvalue weighted by atomic mass is 79.9. The highest BCUT2D eigenvalue weighted by Crippen LogP contribution is 2.21. The average molecular weight is 373 g/mol. The van der Waals surface area contributed by atoms with E-state index in [0.717, 1.165) is 15.4 Å². The Labute approximate surface area is 122 Å². The van der Waals surface area contributed by atoms with E-state index in [1.54, 1.807) is 16.8 Å². The highest BCUT2D eigenvalue weighted by Gasteiger charge is 2.16. The van der Waals surface area contributed by atoms with Gasteiger partial charge < -0.3 is 0 Å². The lowest BCUT2D eigenvalue weighted by Gasteiger charge is -2.04. The van der Waals surface area contributed by atoms with E-state index >= 15 is 0 Å². The van der Waals surface area contributed by atoms with Crippen molar-refractivity contribution >= 4 is 37.6 Å². The van der Waals surface area contributed by atoms with Gasteiger partial charge in [-0.3, -0.25) is 4.79 Å². The number of benzene rings is 1. The second-order valence-corrected chi connectivity index (χ2v) is 5.63. The molecule has 1 aromatic heterocycles. The molecule has 0 bridgehead atoms. The first-order valence-electron chi connectivity index (χ1n) is 5.50. The van der Waals surface area contributed by atoms with Gasteiger partial charge in [0.05, 0.1) is 0 Å². The number of rotatable bonds is 4. The first-order chi connectivity index (χ1) is 8.61. The lowest BCUT2D eigenvalue weighted by Crippen LogP contribution is -2.12. The van der Waals surface area contributed by atoms with Gasteiger partial charge in [0.15, 0.2) is 5.82 Å². The SMILES string of the molecule is CCCn1ncnc1C(=O)c1cc(Br)cc(Br)c1. The van der Waals surface area contributed by atoms with Gasteiger partial charge in [0.25, 0.3) is 0 Å². The summed E-state index contributed by atoms with van der Waals surface area (Å²) in [5, 5.41) is 4.06. The summed E-state index contributed by atoms with van der Waals surface area (Å²) in [6.07, 6.45) is 2.32. The fourth-order valence-corrected chi connectivity index (χ4v) is 2.92. The number of halogens is 2. The summed E-state index contributed by atoms with van der Waals surface area (Å²) in [5.41, 5.74) is 0.585. The number of aryl methyl sites for hydroxylation is 1. The summed E-state index contributed by atoms with van der Waals surface area (Å²) in [4.78, 5) is 16.4. The van der Waals surface area contributed by atoms with Crippen LogP contribution in [0.1, 0.15) is 29.5 Å². The minimum atomic E-state index is -0.122. The molecule has 4 nitrogen and oxygen atoms in total. The average Bonchev–Trinajstić information content (AvgIpc) is 2.75. The van der Waals surface area contributed by atoms with Crippen molar-refractivity contribution in [2.45, 2.75) is 19.9 Å². The van der Waals surface area contributed by atoms with Crippen LogP contribution in [0, 0.1) is 0 Å². The van der Waals surface area contributed by atoms with E-state index in [2.05, 4.69) is 41.9 Å². The van der Waals surface area contributed by atoms with Crippen molar-refractivity contribution < 1.29 is 4.79 Å². The van der Waals surface area contributed by atoms with E-state index in [0.29, 0.717) is 17.9 Å². The Morgan fingerprint density at radius 1 is 1.28 bits per heavy atom. The van der Waals surface area contributed by atoms with Crippen LogP contribution in [0.4, 0.5) is 0 Å². The summed E-state index contributed by atoms with van der Waals surface area (Å²) in [5.74, 6) is 0.254. The maximum absolute atomic E-state index is 12.3. The summed E-state index contributed by atoms with van der Waals surface area (Å²) in [7, 11) is 0. The molecule has 18 heavy (non-hydrogen) atoms. The van der Waals surface area contributed by atoms with Gasteiger partial charge >= 0.3 is 0 Å². The topological polar surface area (TPSA) is 47.8 Å². The van der Waals surface area contributed by atoms with Crippen LogP contribution in [-0.2, 0) is 6.54 Å². The molecular weight excluding hydrogens is 362 g/mol. The predicted octanol–water partition coefficient (Wildman–Crippen LogP) is 3.44. The molecule has 0 fully saturated rings. The standard InChI is InChI=1S/C12H11Br2N3O/c1-2-3-17-12(15-7-16-17)11(18)8-4-9(13)6-10(14)5-8/h4-7H,2-3H2,1H3. The summed E-state index contributed by atoms with van der Waals surface area (Å²) < 4.78 is 3.33. The lowest BCUT2D eigenvalue weighted by atomic mass is 10.1. The minimum absolute atomic E-state index is 0.122. The molecule has 0 radical (unpaired) electrons. The van der Waals surface area contributed by atoms with Gasteiger partial charge in [-0.05, 0) is 24.6 Å². The number of carbonyl (C=O) groups is 1. The van der Waals surface area contributed by atoms with Crippen molar-refractivity contribution in [3.05, 3.63) is 44.9 Å². The Bertz CT molecular complexity index is 560. The summed E-state index contributed by atoms with van der Waals surface area (Å²) in [6.45, 7) is 2.72. The third-order valence-corrected chi connectivity index (χ3v) is 3.29. The summed E-state index contributed by atoms with van der Waals surface area (Å²) in [6, 6.07) is 5.43. The Morgan fingerprint density at radius 2 is 1.94 bits per heavy atom. The molecule has 0 aliphatic heterocycles. The van der Waals surface area contributed by atoms with Gasteiger partial charge in [0.1, 0.15) is 6.33 Å². The molecule has 0 N–H and O–H groups in total. The van der Waals surface area contributed by atoms with Gasteiger partial charge in [-0.25, -0.2) is 9.67 Å². The molecule has 0 saturated carbocycles. The zero-order valence-corrected chi connectivity index (χ0v) is 12.9. The highest BCUT2D eigenvalue weighted by molar-refractivity contribution is 9.11. The maximum atomic E-state index is 12.3. The molecule has 6 heteroatoms. The van der Waals surface area contributed by atoms with Gasteiger partial charge in [-0.15, -0.1) is 0 Å². The Kier molecular flexibility index (Phi) is 4.29. The van der Waals surface area contributed by atoms with Crippen LogP contribution in [-0.4, -0.2) is 20.5 Å². The first-order valence-corrected chi connectivity index (χ1v) is 7.09. The molecule has 0 unspecified atom stereocenters. The Balaban J connectivity index is 2.38. The molecule has 1 heterocycles. The molecular formula is C12H11Br2N3O. The second kappa shape index (κ2) is 5.75. The second-order valence-electron chi connectivity index (χ2n) is 3.79. The van der Waals surface area contributed by atoms with E-state index < -0.39 is 0 Å². The van der Waals surface area contributed by atoms with E-state index in [9.17, 15) is 4.79 Å². The quantitative estimate of drug-likeness (QED) is 0.772. The number of hydrogen-bond acceptors (Lipinski definition) is 3. The molecule has 2 aromatic rings. The molecule has 0 amide bonds. The van der Waals surface area contributed by atoms with Crippen molar-refractivity contribution in [2.24, 2.45) is 0 Å². The normalized spacial score (nSPS) is 10.6. The first kappa shape index (κ1) is 13.4. The molecule has 2 rings (SSSR count). The van der Waals surface area contributed by atoms with Crippen molar-refractivity contribution in [2.75, 3.05) is 0 Å². The van der Waals surface area contributed by atoms with Gasteiger partial charge in [0, 0.05) is 21.1 Å². The van der Waals surface area contributed by atoms with Crippen molar-refractivity contribution in [3.8, 4) is 0 Å². The van der Waals surface area contributed by atoms with Gasteiger partial charge in [-0.2, -0.15) is 5.10 Å². The van der Waals surface area contributed by atoms with Crippen molar-refractivity contribution in [3.63, 3.8) is 0 Å². The number of aromatic nitrogens is 3. The van der Waals surface area contributed by atoms with Crippen LogP contribution in [0.15, 0.2) is 33.5 Å². The maximum Gasteiger partial charge on any atom is 0.230 e. The predicted molar refractivity (Wildman–Crippen MR) is 75.6 cm³/mol. The van der Waals surface area contributed by atoms with E-state index in [1.807, 2.05) is 13.0 Å². The molecule has 94 valence electrons.